The Balaban J connectivity index is 2.10. The minimum absolute atomic E-state index is 0.146. The summed E-state index contributed by atoms with van der Waals surface area (Å²) < 4.78 is 13.2. The summed E-state index contributed by atoms with van der Waals surface area (Å²) in [5, 5.41) is 10.1. The van der Waals surface area contributed by atoms with Crippen LogP contribution in [0, 0.1) is 5.82 Å². The minimum Gasteiger partial charge on any atom is -0.506 e. The maximum absolute atomic E-state index is 13.2. The van der Waals surface area contributed by atoms with Crippen molar-refractivity contribution >= 4 is 17.6 Å². The highest BCUT2D eigenvalue weighted by molar-refractivity contribution is 6.06. The molecule has 1 aliphatic carbocycles. The van der Waals surface area contributed by atoms with Gasteiger partial charge in [0.15, 0.2) is 0 Å². The first-order valence-electron chi connectivity index (χ1n) is 7.00. The van der Waals surface area contributed by atoms with Gasteiger partial charge in [0.2, 0.25) is 11.9 Å². The van der Waals surface area contributed by atoms with E-state index in [2.05, 4.69) is 9.98 Å². The smallest absolute Gasteiger partial charge is 0.220 e. The molecular formula is C14H18FN5O. The Morgan fingerprint density at radius 3 is 2.57 bits per heavy atom. The zero-order chi connectivity index (χ0) is 15.0. The lowest BCUT2D eigenvalue weighted by Crippen LogP contribution is -2.58. The summed E-state index contributed by atoms with van der Waals surface area (Å²) in [4.78, 5) is 10.2. The molecule has 1 saturated carbocycles. The van der Waals surface area contributed by atoms with Crippen molar-refractivity contribution in [2.24, 2.45) is 21.5 Å². The van der Waals surface area contributed by atoms with Gasteiger partial charge in [0, 0.05) is 6.07 Å². The number of halogens is 1. The molecule has 1 aliphatic heterocycles. The second-order valence-corrected chi connectivity index (χ2v) is 5.45. The van der Waals surface area contributed by atoms with Crippen LogP contribution in [0.15, 0.2) is 28.2 Å². The number of aliphatic imine (C=N–C) groups is 2. The lowest BCUT2D eigenvalue weighted by molar-refractivity contribution is 0.303. The molecule has 0 atom stereocenters. The highest BCUT2D eigenvalue weighted by Crippen LogP contribution is 2.42. The van der Waals surface area contributed by atoms with Gasteiger partial charge in [0.1, 0.15) is 17.2 Å². The van der Waals surface area contributed by atoms with E-state index in [0.717, 1.165) is 38.2 Å². The Hall–Kier alpha value is -2.31. The Bertz CT molecular complexity index is 622. The van der Waals surface area contributed by atoms with Gasteiger partial charge in [-0.1, -0.05) is 6.42 Å². The molecule has 7 heteroatoms. The largest absolute Gasteiger partial charge is 0.506 e. The number of rotatable bonds is 1. The zero-order valence-electron chi connectivity index (χ0n) is 11.6. The summed E-state index contributed by atoms with van der Waals surface area (Å²) >= 11 is 0. The average molecular weight is 291 g/mol. The molecule has 0 unspecified atom stereocenters. The number of benzene rings is 1. The van der Waals surface area contributed by atoms with Crippen LogP contribution in [0.5, 0.6) is 5.75 Å². The molecule has 2 aliphatic rings. The van der Waals surface area contributed by atoms with Crippen molar-refractivity contribution in [1.29, 1.82) is 0 Å². The SMILES string of the molecule is NC1=NC2(CCCCC2)N(c2ccc(F)cc2O)C(N)=N1. The number of nitrogens with zero attached hydrogens (tertiary/aromatic N) is 3. The average Bonchev–Trinajstić information content (AvgIpc) is 2.41. The molecule has 112 valence electrons. The molecule has 0 aromatic heterocycles. The van der Waals surface area contributed by atoms with Crippen molar-refractivity contribution in [1.82, 2.24) is 0 Å². The molecule has 6 nitrogen and oxygen atoms in total. The summed E-state index contributed by atoms with van der Waals surface area (Å²) in [6.07, 6.45) is 4.63. The number of aromatic hydroxyl groups is 1. The third-order valence-electron chi connectivity index (χ3n) is 4.03. The summed E-state index contributed by atoms with van der Waals surface area (Å²) in [6.45, 7) is 0. The number of phenols is 1. The fraction of sp³-hybridized carbons (Fsp3) is 0.429. The standard InChI is InChI=1S/C14H18FN5O/c15-9-4-5-10(11(21)8-9)20-13(17)18-12(16)19-14(20)6-2-1-3-7-14/h4-5,8,21H,1-3,6-7H2,(H4,16,17,18,19). The molecular weight excluding hydrogens is 273 g/mol. The third kappa shape index (κ3) is 2.28. The van der Waals surface area contributed by atoms with E-state index in [4.69, 9.17) is 11.5 Å². The molecule has 1 aromatic rings. The number of hydrogen-bond donors (Lipinski definition) is 3. The van der Waals surface area contributed by atoms with Crippen molar-refractivity contribution in [2.45, 2.75) is 37.8 Å². The molecule has 1 heterocycles. The van der Waals surface area contributed by atoms with E-state index in [9.17, 15) is 9.50 Å². The molecule has 1 spiro atoms. The van der Waals surface area contributed by atoms with E-state index in [1.165, 1.54) is 12.1 Å². The molecule has 1 aromatic carbocycles. The number of anilines is 1. The second-order valence-electron chi connectivity index (χ2n) is 5.45. The van der Waals surface area contributed by atoms with E-state index in [-0.39, 0.29) is 17.7 Å². The topological polar surface area (TPSA) is 100 Å². The van der Waals surface area contributed by atoms with E-state index in [1.807, 2.05) is 0 Å². The quantitative estimate of drug-likeness (QED) is 0.732. The second kappa shape index (κ2) is 4.91. The van der Waals surface area contributed by atoms with Gasteiger partial charge >= 0.3 is 0 Å². The lowest BCUT2D eigenvalue weighted by atomic mass is 9.87. The van der Waals surface area contributed by atoms with Crippen LogP contribution in [0.4, 0.5) is 10.1 Å². The summed E-state index contributed by atoms with van der Waals surface area (Å²) in [5.74, 6) is -0.378. The van der Waals surface area contributed by atoms with Gasteiger partial charge in [-0.05, 0) is 37.8 Å². The molecule has 3 rings (SSSR count). The Morgan fingerprint density at radius 1 is 1.19 bits per heavy atom. The predicted molar refractivity (Wildman–Crippen MR) is 79.6 cm³/mol. The Labute approximate surface area is 122 Å². The first-order chi connectivity index (χ1) is 10.0. The third-order valence-corrected chi connectivity index (χ3v) is 4.03. The van der Waals surface area contributed by atoms with Crippen molar-refractivity contribution in [3.63, 3.8) is 0 Å². The maximum atomic E-state index is 13.2. The van der Waals surface area contributed by atoms with Crippen LogP contribution < -0.4 is 16.4 Å². The van der Waals surface area contributed by atoms with E-state index in [1.54, 1.807) is 4.90 Å². The maximum Gasteiger partial charge on any atom is 0.220 e. The van der Waals surface area contributed by atoms with Crippen LogP contribution in [-0.4, -0.2) is 22.7 Å². The van der Waals surface area contributed by atoms with Gasteiger partial charge in [-0.3, -0.25) is 4.90 Å². The van der Waals surface area contributed by atoms with Gasteiger partial charge in [0.25, 0.3) is 0 Å². The Kier molecular flexibility index (Phi) is 3.19. The summed E-state index contributed by atoms with van der Waals surface area (Å²) in [5.41, 5.74) is 11.6. The van der Waals surface area contributed by atoms with Gasteiger partial charge in [-0.25, -0.2) is 9.38 Å². The van der Waals surface area contributed by atoms with Gasteiger partial charge in [0.05, 0.1) is 5.69 Å². The summed E-state index contributed by atoms with van der Waals surface area (Å²) in [7, 11) is 0. The zero-order valence-corrected chi connectivity index (χ0v) is 11.6. The predicted octanol–water partition coefficient (Wildman–Crippen LogP) is 1.64. The van der Waals surface area contributed by atoms with Crippen molar-refractivity contribution < 1.29 is 9.50 Å². The van der Waals surface area contributed by atoms with Crippen LogP contribution in [0.3, 0.4) is 0 Å². The minimum atomic E-state index is -0.635. The highest BCUT2D eigenvalue weighted by Gasteiger charge is 2.43. The van der Waals surface area contributed by atoms with Crippen LogP contribution in [0.1, 0.15) is 32.1 Å². The summed E-state index contributed by atoms with van der Waals surface area (Å²) in [6, 6.07) is 3.82. The molecule has 5 N–H and O–H groups in total. The first kappa shape index (κ1) is 13.7. The number of guanidine groups is 2. The van der Waals surface area contributed by atoms with Crippen LogP contribution in [-0.2, 0) is 0 Å². The molecule has 0 bridgehead atoms. The fourth-order valence-electron chi connectivity index (χ4n) is 3.16. The van der Waals surface area contributed by atoms with Gasteiger partial charge in [-0.2, -0.15) is 4.99 Å². The van der Waals surface area contributed by atoms with Crippen molar-refractivity contribution in [3.8, 4) is 5.75 Å². The molecule has 0 amide bonds. The highest BCUT2D eigenvalue weighted by atomic mass is 19.1. The first-order valence-corrected chi connectivity index (χ1v) is 7.00. The van der Waals surface area contributed by atoms with Gasteiger partial charge in [-0.15, -0.1) is 0 Å². The van der Waals surface area contributed by atoms with Gasteiger partial charge < -0.3 is 16.6 Å². The van der Waals surface area contributed by atoms with E-state index in [0.29, 0.717) is 5.69 Å². The molecule has 21 heavy (non-hydrogen) atoms. The number of nitrogens with two attached hydrogens (primary N) is 2. The molecule has 1 fully saturated rings. The lowest BCUT2D eigenvalue weighted by Gasteiger charge is -2.45. The molecule has 0 radical (unpaired) electrons. The normalized spacial score (nSPS) is 21.1. The number of phenolic OH excluding ortho intramolecular Hbond substituents is 1. The van der Waals surface area contributed by atoms with Crippen molar-refractivity contribution in [3.05, 3.63) is 24.0 Å². The van der Waals surface area contributed by atoms with E-state index >= 15 is 0 Å². The fourth-order valence-corrected chi connectivity index (χ4v) is 3.16. The van der Waals surface area contributed by atoms with Crippen LogP contribution in [0.2, 0.25) is 0 Å². The van der Waals surface area contributed by atoms with Crippen molar-refractivity contribution in [2.75, 3.05) is 4.90 Å². The Morgan fingerprint density at radius 2 is 1.90 bits per heavy atom. The van der Waals surface area contributed by atoms with Crippen LogP contribution in [0.25, 0.3) is 0 Å². The van der Waals surface area contributed by atoms with Crippen LogP contribution >= 0.6 is 0 Å². The van der Waals surface area contributed by atoms with E-state index < -0.39 is 11.5 Å². The number of hydrogen-bond acceptors (Lipinski definition) is 6. The molecule has 0 saturated heterocycles. The monoisotopic (exact) mass is 291 g/mol.